The number of benzene rings is 2. The smallest absolute Gasteiger partial charge is 0.280 e. The highest BCUT2D eigenvalue weighted by Gasteiger charge is 2.23. The minimum atomic E-state index is -0.460. The normalized spacial score (nSPS) is 10.5. The van der Waals surface area contributed by atoms with E-state index in [1.807, 2.05) is 36.4 Å². The Bertz CT molecular complexity index is 880. The first-order valence-corrected chi connectivity index (χ1v) is 8.36. The highest BCUT2D eigenvalue weighted by Crippen LogP contribution is 2.30. The predicted molar refractivity (Wildman–Crippen MR) is 97.0 cm³/mol. The maximum Gasteiger partial charge on any atom is 0.280 e. The van der Waals surface area contributed by atoms with E-state index in [1.165, 1.54) is 0 Å². The van der Waals surface area contributed by atoms with Gasteiger partial charge in [0.2, 0.25) is 0 Å². The van der Waals surface area contributed by atoms with Crippen molar-refractivity contribution in [1.82, 2.24) is 10.6 Å². The first-order chi connectivity index (χ1) is 12.7. The number of ether oxygens (including phenoxy) is 1. The van der Waals surface area contributed by atoms with Gasteiger partial charge in [-0.1, -0.05) is 53.2 Å². The van der Waals surface area contributed by atoms with Crippen LogP contribution in [0.1, 0.15) is 16.1 Å². The van der Waals surface area contributed by atoms with Crippen molar-refractivity contribution < 1.29 is 18.9 Å². The zero-order valence-electron chi connectivity index (χ0n) is 14.1. The molecule has 0 aliphatic heterocycles. The number of halogens is 1. The number of carbonyl (C=O) groups excluding carboxylic acids is 1. The van der Waals surface area contributed by atoms with Crippen LogP contribution in [-0.4, -0.2) is 24.3 Å². The van der Waals surface area contributed by atoms with Crippen LogP contribution >= 0.6 is 11.6 Å². The molecule has 1 aromatic heterocycles. The van der Waals surface area contributed by atoms with E-state index >= 15 is 0 Å². The van der Waals surface area contributed by atoms with Crippen LogP contribution in [0.5, 0.6) is 5.75 Å². The van der Waals surface area contributed by atoms with Gasteiger partial charge >= 0.3 is 0 Å². The monoisotopic (exact) mass is 372 g/mol. The van der Waals surface area contributed by atoms with Gasteiger partial charge in [0.1, 0.15) is 36.0 Å². The molecule has 0 atom stereocenters. The van der Waals surface area contributed by atoms with Gasteiger partial charge in [0.15, 0.2) is 0 Å². The maximum absolute atomic E-state index is 12.4. The molecule has 0 saturated heterocycles. The topological polar surface area (TPSA) is 73.6 Å². The van der Waals surface area contributed by atoms with Gasteiger partial charge < -0.3 is 9.26 Å². The molecule has 0 radical (unpaired) electrons. The number of hydroxylamine groups is 1. The molecule has 6 nitrogen and oxygen atoms in total. The number of amides is 1. The highest BCUT2D eigenvalue weighted by molar-refractivity contribution is 6.33. The lowest BCUT2D eigenvalue weighted by Gasteiger charge is -2.08. The molecular formula is C19H17ClN2O4. The summed E-state index contributed by atoms with van der Waals surface area (Å²) >= 11 is 6.19. The minimum Gasteiger partial charge on any atom is -0.491 e. The van der Waals surface area contributed by atoms with E-state index in [2.05, 4.69) is 10.6 Å². The number of aryl methyl sites for hydroxylation is 1. The number of para-hydroxylation sites is 1. The van der Waals surface area contributed by atoms with Crippen molar-refractivity contribution in [2.45, 2.75) is 6.92 Å². The minimum absolute atomic E-state index is 0.187. The van der Waals surface area contributed by atoms with E-state index in [9.17, 15) is 4.79 Å². The molecule has 0 aliphatic rings. The fourth-order valence-corrected chi connectivity index (χ4v) is 2.59. The molecule has 2 aromatic carbocycles. The van der Waals surface area contributed by atoms with E-state index in [4.69, 9.17) is 25.7 Å². The second-order valence-electron chi connectivity index (χ2n) is 5.38. The second kappa shape index (κ2) is 8.51. The average molecular weight is 373 g/mol. The SMILES string of the molecule is Cc1onc(-c2ccccc2Cl)c1C(=O)NOCCOc1ccccc1. The van der Waals surface area contributed by atoms with E-state index in [0.717, 1.165) is 5.75 Å². The van der Waals surface area contributed by atoms with Crippen LogP contribution < -0.4 is 10.2 Å². The standard InChI is InChI=1S/C19H17ClN2O4/c1-13-17(18(21-26-13)15-9-5-6-10-16(15)20)19(23)22-25-12-11-24-14-7-3-2-4-8-14/h2-10H,11-12H2,1H3,(H,22,23). The van der Waals surface area contributed by atoms with E-state index in [0.29, 0.717) is 28.6 Å². The van der Waals surface area contributed by atoms with Crippen molar-refractivity contribution in [3.8, 4) is 17.0 Å². The first-order valence-electron chi connectivity index (χ1n) is 7.98. The van der Waals surface area contributed by atoms with Crippen molar-refractivity contribution in [3.05, 3.63) is 70.9 Å². The average Bonchev–Trinajstić information content (AvgIpc) is 3.04. The van der Waals surface area contributed by atoms with Gasteiger partial charge in [0, 0.05) is 5.56 Å². The lowest BCUT2D eigenvalue weighted by Crippen LogP contribution is -2.26. The van der Waals surface area contributed by atoms with Crippen LogP contribution in [0, 0.1) is 6.92 Å². The molecule has 3 aromatic rings. The van der Waals surface area contributed by atoms with Gasteiger partial charge in [-0.2, -0.15) is 0 Å². The van der Waals surface area contributed by atoms with Crippen LogP contribution in [-0.2, 0) is 4.84 Å². The third-order valence-corrected chi connectivity index (χ3v) is 3.91. The zero-order valence-corrected chi connectivity index (χ0v) is 14.8. The largest absolute Gasteiger partial charge is 0.491 e. The quantitative estimate of drug-likeness (QED) is 0.500. The fourth-order valence-electron chi connectivity index (χ4n) is 2.36. The molecule has 0 spiro atoms. The Morgan fingerprint density at radius 3 is 2.62 bits per heavy atom. The maximum atomic E-state index is 12.4. The van der Waals surface area contributed by atoms with Crippen molar-refractivity contribution in [1.29, 1.82) is 0 Å². The molecule has 1 heterocycles. The van der Waals surface area contributed by atoms with Crippen molar-refractivity contribution >= 4 is 17.5 Å². The zero-order chi connectivity index (χ0) is 18.4. The van der Waals surface area contributed by atoms with E-state index in [1.54, 1.807) is 25.1 Å². The van der Waals surface area contributed by atoms with Crippen molar-refractivity contribution in [2.75, 3.05) is 13.2 Å². The summed E-state index contributed by atoms with van der Waals surface area (Å²) in [6.45, 7) is 2.14. The predicted octanol–water partition coefficient (Wildman–Crippen LogP) is 4.04. The molecule has 7 heteroatoms. The highest BCUT2D eigenvalue weighted by atomic mass is 35.5. The van der Waals surface area contributed by atoms with Crippen LogP contribution in [0.3, 0.4) is 0 Å². The van der Waals surface area contributed by atoms with Gasteiger partial charge in [-0.15, -0.1) is 0 Å². The molecule has 0 fully saturated rings. The number of nitrogens with zero attached hydrogens (tertiary/aromatic N) is 1. The summed E-state index contributed by atoms with van der Waals surface area (Å²) < 4.78 is 10.6. The third kappa shape index (κ3) is 4.22. The summed E-state index contributed by atoms with van der Waals surface area (Å²) in [6, 6.07) is 16.4. The lowest BCUT2D eigenvalue weighted by molar-refractivity contribution is 0.0200. The molecule has 0 unspecified atom stereocenters. The Hall–Kier alpha value is -2.83. The summed E-state index contributed by atoms with van der Waals surface area (Å²) in [5.41, 5.74) is 3.64. The van der Waals surface area contributed by atoms with E-state index < -0.39 is 5.91 Å². The van der Waals surface area contributed by atoms with Gasteiger partial charge in [-0.25, -0.2) is 5.48 Å². The Morgan fingerprint density at radius 2 is 1.85 bits per heavy atom. The molecule has 3 rings (SSSR count). The van der Waals surface area contributed by atoms with Crippen molar-refractivity contribution in [2.24, 2.45) is 0 Å². The van der Waals surface area contributed by atoms with Gasteiger partial charge in [-0.05, 0) is 25.1 Å². The molecule has 1 amide bonds. The van der Waals surface area contributed by atoms with Crippen LogP contribution in [0.15, 0.2) is 59.1 Å². The van der Waals surface area contributed by atoms with Crippen LogP contribution in [0.25, 0.3) is 11.3 Å². The number of rotatable bonds is 7. The molecule has 26 heavy (non-hydrogen) atoms. The molecule has 0 aliphatic carbocycles. The van der Waals surface area contributed by atoms with Crippen LogP contribution in [0.2, 0.25) is 5.02 Å². The van der Waals surface area contributed by atoms with Crippen molar-refractivity contribution in [3.63, 3.8) is 0 Å². The molecular weight excluding hydrogens is 356 g/mol. The Labute approximate surface area is 155 Å². The summed E-state index contributed by atoms with van der Waals surface area (Å²) in [5, 5.41) is 4.43. The number of nitrogens with one attached hydrogen (secondary N) is 1. The fraction of sp³-hybridized carbons (Fsp3) is 0.158. The molecule has 1 N–H and O–H groups in total. The van der Waals surface area contributed by atoms with Gasteiger partial charge in [0.05, 0.1) is 5.02 Å². The summed E-state index contributed by atoms with van der Waals surface area (Å²) in [7, 11) is 0. The lowest BCUT2D eigenvalue weighted by atomic mass is 10.1. The second-order valence-corrected chi connectivity index (χ2v) is 5.79. The number of aromatic nitrogens is 1. The molecule has 134 valence electrons. The summed E-state index contributed by atoms with van der Waals surface area (Å²) in [4.78, 5) is 17.6. The van der Waals surface area contributed by atoms with E-state index in [-0.39, 0.29) is 12.2 Å². The summed E-state index contributed by atoms with van der Waals surface area (Å²) in [5.74, 6) is 0.651. The first kappa shape index (κ1) is 18.0. The van der Waals surface area contributed by atoms with Crippen LogP contribution in [0.4, 0.5) is 0 Å². The number of hydrogen-bond acceptors (Lipinski definition) is 5. The molecule has 0 bridgehead atoms. The van der Waals surface area contributed by atoms with Gasteiger partial charge in [0.25, 0.3) is 5.91 Å². The molecule has 0 saturated carbocycles. The Kier molecular flexibility index (Phi) is 5.88. The summed E-state index contributed by atoms with van der Waals surface area (Å²) in [6.07, 6.45) is 0. The Morgan fingerprint density at radius 1 is 1.12 bits per heavy atom. The number of hydrogen-bond donors (Lipinski definition) is 1. The Balaban J connectivity index is 1.58. The van der Waals surface area contributed by atoms with Gasteiger partial charge in [-0.3, -0.25) is 9.63 Å². The number of carbonyl (C=O) groups is 1. The third-order valence-electron chi connectivity index (χ3n) is 3.58.